The summed E-state index contributed by atoms with van der Waals surface area (Å²) in [6, 6.07) is 12.6. The van der Waals surface area contributed by atoms with Gasteiger partial charge in [-0.25, -0.2) is 0 Å². The number of benzene rings is 1. The van der Waals surface area contributed by atoms with Crippen molar-refractivity contribution in [2.24, 2.45) is 0 Å². The Kier molecular flexibility index (Phi) is 5.14. The number of pyridine rings is 1. The number of hydrogen-bond acceptors (Lipinski definition) is 3. The van der Waals surface area contributed by atoms with Gasteiger partial charge in [0.2, 0.25) is 5.91 Å². The van der Waals surface area contributed by atoms with Gasteiger partial charge < -0.3 is 9.80 Å². The Balaban J connectivity index is 1.76. The first kappa shape index (κ1) is 16.5. The summed E-state index contributed by atoms with van der Waals surface area (Å²) in [7, 11) is 2.12. The Morgan fingerprint density at radius 2 is 2.08 bits per heavy atom. The molecule has 1 aliphatic rings. The molecule has 0 spiro atoms. The van der Waals surface area contributed by atoms with Crippen molar-refractivity contribution in [3.8, 4) is 0 Å². The van der Waals surface area contributed by atoms with Crippen LogP contribution in [0.4, 0.5) is 5.69 Å². The highest BCUT2D eigenvalue weighted by molar-refractivity contribution is 5.77. The third kappa shape index (κ3) is 3.58. The molecule has 1 atom stereocenters. The summed E-state index contributed by atoms with van der Waals surface area (Å²) < 4.78 is 0. The highest BCUT2D eigenvalue weighted by atomic mass is 16.2. The van der Waals surface area contributed by atoms with Gasteiger partial charge in [0.1, 0.15) is 0 Å². The van der Waals surface area contributed by atoms with E-state index in [-0.39, 0.29) is 11.9 Å². The number of amides is 1. The molecule has 3 rings (SSSR count). The lowest BCUT2D eigenvalue weighted by atomic mass is 10.1. The van der Waals surface area contributed by atoms with Gasteiger partial charge in [0.05, 0.1) is 0 Å². The molecule has 0 fully saturated rings. The molecule has 1 aliphatic heterocycles. The molecule has 0 saturated carbocycles. The van der Waals surface area contributed by atoms with Crippen molar-refractivity contribution < 1.29 is 4.79 Å². The molecular weight excluding hydrogens is 298 g/mol. The topological polar surface area (TPSA) is 36.4 Å². The molecule has 4 nitrogen and oxygen atoms in total. The molecule has 1 amide bonds. The van der Waals surface area contributed by atoms with Crippen LogP contribution >= 0.6 is 0 Å². The quantitative estimate of drug-likeness (QED) is 0.866. The van der Waals surface area contributed by atoms with E-state index in [1.165, 1.54) is 11.3 Å². The van der Waals surface area contributed by atoms with Crippen LogP contribution in [-0.2, 0) is 17.8 Å². The van der Waals surface area contributed by atoms with Crippen molar-refractivity contribution in [1.82, 2.24) is 9.88 Å². The lowest BCUT2D eigenvalue weighted by Crippen LogP contribution is -2.43. The van der Waals surface area contributed by atoms with Crippen LogP contribution in [-0.4, -0.2) is 35.4 Å². The summed E-state index contributed by atoms with van der Waals surface area (Å²) in [5, 5.41) is 0. The summed E-state index contributed by atoms with van der Waals surface area (Å²) in [4.78, 5) is 21.4. The van der Waals surface area contributed by atoms with Crippen molar-refractivity contribution in [2.45, 2.75) is 38.8 Å². The van der Waals surface area contributed by atoms with E-state index in [0.717, 1.165) is 24.9 Å². The van der Waals surface area contributed by atoms with Crippen LogP contribution in [0.2, 0.25) is 0 Å². The van der Waals surface area contributed by atoms with Gasteiger partial charge in [-0.3, -0.25) is 9.78 Å². The third-order valence-electron chi connectivity index (χ3n) is 4.81. The number of carbonyl (C=O) groups excluding carboxylic acids is 1. The van der Waals surface area contributed by atoms with Crippen LogP contribution in [0.15, 0.2) is 48.8 Å². The van der Waals surface area contributed by atoms with E-state index in [9.17, 15) is 4.79 Å². The average Bonchev–Trinajstić information content (AvgIpc) is 2.77. The molecule has 0 radical (unpaired) electrons. The number of aryl methyl sites for hydroxylation is 1. The number of fused-ring (bicyclic) bond motifs is 1. The lowest BCUT2D eigenvalue weighted by Gasteiger charge is -2.30. The highest BCUT2D eigenvalue weighted by Gasteiger charge is 2.28. The second-order valence-electron chi connectivity index (χ2n) is 6.45. The number of para-hydroxylation sites is 1. The predicted octanol–water partition coefficient (Wildman–Crippen LogP) is 3.27. The second-order valence-corrected chi connectivity index (χ2v) is 6.45. The fraction of sp³-hybridized carbons (Fsp3) is 0.400. The van der Waals surface area contributed by atoms with Gasteiger partial charge in [-0.2, -0.15) is 0 Å². The van der Waals surface area contributed by atoms with Gasteiger partial charge in [0.15, 0.2) is 0 Å². The zero-order valence-electron chi connectivity index (χ0n) is 14.5. The predicted molar refractivity (Wildman–Crippen MR) is 96.9 cm³/mol. The zero-order chi connectivity index (χ0) is 16.9. The molecular formula is C20H25N3O. The Morgan fingerprint density at radius 1 is 1.25 bits per heavy atom. The number of anilines is 1. The second kappa shape index (κ2) is 7.47. The number of hydrogen-bond donors (Lipinski definition) is 0. The maximum absolute atomic E-state index is 12.9. The number of aromatic nitrogens is 1. The molecule has 4 heteroatoms. The first-order valence-corrected chi connectivity index (χ1v) is 8.66. The monoisotopic (exact) mass is 323 g/mol. The molecule has 2 heterocycles. The van der Waals surface area contributed by atoms with Crippen LogP contribution in [0.25, 0.3) is 0 Å². The number of carbonyl (C=O) groups is 1. The van der Waals surface area contributed by atoms with Crippen LogP contribution < -0.4 is 4.90 Å². The zero-order valence-corrected chi connectivity index (χ0v) is 14.5. The van der Waals surface area contributed by atoms with E-state index in [4.69, 9.17) is 0 Å². The summed E-state index contributed by atoms with van der Waals surface area (Å²) in [6.45, 7) is 3.74. The Bertz CT molecular complexity index is 686. The average molecular weight is 323 g/mol. The standard InChI is InChI=1S/C20H25N3O/c1-3-18-15-22(2)19-9-5-4-8-17(19)14-23(18)20(24)11-10-16-7-6-12-21-13-16/h4-9,12-13,18H,3,10-11,14-15H2,1-2H3. The van der Waals surface area contributed by atoms with Gasteiger partial charge in [-0.1, -0.05) is 31.2 Å². The fourth-order valence-corrected chi connectivity index (χ4v) is 3.42. The minimum absolute atomic E-state index is 0.232. The Morgan fingerprint density at radius 3 is 2.83 bits per heavy atom. The maximum Gasteiger partial charge on any atom is 0.223 e. The Hall–Kier alpha value is -2.36. The van der Waals surface area contributed by atoms with Crippen LogP contribution in [0.3, 0.4) is 0 Å². The summed E-state index contributed by atoms with van der Waals surface area (Å²) in [5.41, 5.74) is 3.58. The number of rotatable bonds is 4. The number of likely N-dealkylation sites (N-methyl/N-ethyl adjacent to an activating group) is 1. The summed E-state index contributed by atoms with van der Waals surface area (Å²) in [5.74, 6) is 0.232. The van der Waals surface area contributed by atoms with Gasteiger partial charge >= 0.3 is 0 Å². The molecule has 24 heavy (non-hydrogen) atoms. The van der Waals surface area contributed by atoms with Crippen molar-refractivity contribution in [1.29, 1.82) is 0 Å². The van der Waals surface area contributed by atoms with Crippen LogP contribution in [0, 0.1) is 0 Å². The Labute approximate surface area is 144 Å². The first-order valence-electron chi connectivity index (χ1n) is 8.66. The third-order valence-corrected chi connectivity index (χ3v) is 4.81. The lowest BCUT2D eigenvalue weighted by molar-refractivity contribution is -0.134. The van der Waals surface area contributed by atoms with Crippen LogP contribution in [0.5, 0.6) is 0 Å². The normalized spacial score (nSPS) is 17.3. The van der Waals surface area contributed by atoms with Crippen LogP contribution in [0.1, 0.15) is 30.9 Å². The van der Waals surface area contributed by atoms with Gasteiger partial charge in [-0.05, 0) is 36.1 Å². The van der Waals surface area contributed by atoms with Gasteiger partial charge in [0, 0.05) is 50.7 Å². The minimum atomic E-state index is 0.232. The smallest absolute Gasteiger partial charge is 0.223 e. The van der Waals surface area contributed by atoms with Crippen molar-refractivity contribution in [2.75, 3.05) is 18.5 Å². The molecule has 2 aromatic rings. The molecule has 0 saturated heterocycles. The van der Waals surface area contributed by atoms with Crippen molar-refractivity contribution in [3.05, 3.63) is 59.9 Å². The van der Waals surface area contributed by atoms with E-state index in [2.05, 4.69) is 53.0 Å². The molecule has 1 aromatic carbocycles. The van der Waals surface area contributed by atoms with Crippen molar-refractivity contribution in [3.63, 3.8) is 0 Å². The summed E-state index contributed by atoms with van der Waals surface area (Å²) in [6.07, 6.45) is 5.86. The van der Waals surface area contributed by atoms with Gasteiger partial charge in [-0.15, -0.1) is 0 Å². The molecule has 0 N–H and O–H groups in total. The highest BCUT2D eigenvalue weighted by Crippen LogP contribution is 2.27. The molecule has 0 aliphatic carbocycles. The molecule has 0 bridgehead atoms. The van der Waals surface area contributed by atoms with E-state index >= 15 is 0 Å². The SMILES string of the molecule is CCC1CN(C)c2ccccc2CN1C(=O)CCc1cccnc1. The van der Waals surface area contributed by atoms with E-state index < -0.39 is 0 Å². The largest absolute Gasteiger partial charge is 0.372 e. The van der Waals surface area contributed by atoms with Gasteiger partial charge in [0.25, 0.3) is 0 Å². The number of nitrogens with zero attached hydrogens (tertiary/aromatic N) is 3. The van der Waals surface area contributed by atoms with E-state index in [1.807, 2.05) is 18.3 Å². The summed E-state index contributed by atoms with van der Waals surface area (Å²) >= 11 is 0. The molecule has 1 aromatic heterocycles. The van der Waals surface area contributed by atoms with Crippen molar-refractivity contribution >= 4 is 11.6 Å². The minimum Gasteiger partial charge on any atom is -0.372 e. The maximum atomic E-state index is 12.9. The fourth-order valence-electron chi connectivity index (χ4n) is 3.42. The molecule has 126 valence electrons. The van der Waals surface area contributed by atoms with E-state index in [0.29, 0.717) is 13.0 Å². The van der Waals surface area contributed by atoms with E-state index in [1.54, 1.807) is 6.20 Å². The first-order chi connectivity index (χ1) is 11.7. The molecule has 1 unspecified atom stereocenters.